The fourth-order valence-electron chi connectivity index (χ4n) is 3.66. The van der Waals surface area contributed by atoms with Crippen LogP contribution in [0.1, 0.15) is 38.1 Å². The molecule has 7 heteroatoms. The molecule has 146 valence electrons. The Labute approximate surface area is 177 Å². The normalized spacial score (nSPS) is 16.4. The average molecular weight is 477 g/mol. The molecule has 1 fully saturated rings. The summed E-state index contributed by atoms with van der Waals surface area (Å²) in [4.78, 5) is 0.759. The molecule has 1 aliphatic rings. The summed E-state index contributed by atoms with van der Waals surface area (Å²) in [5.41, 5.74) is 2.13. The molecule has 0 bridgehead atoms. The van der Waals surface area contributed by atoms with Gasteiger partial charge in [-0.25, -0.2) is 0 Å². The molecular formula is C21H21BrN2O2S2. The van der Waals surface area contributed by atoms with Gasteiger partial charge in [0.1, 0.15) is 0 Å². The van der Waals surface area contributed by atoms with Gasteiger partial charge in [-0.1, -0.05) is 65.5 Å². The van der Waals surface area contributed by atoms with Crippen molar-refractivity contribution in [3.63, 3.8) is 0 Å². The third-order valence-corrected chi connectivity index (χ3v) is 7.83. The van der Waals surface area contributed by atoms with Crippen LogP contribution in [0.2, 0.25) is 0 Å². The molecule has 28 heavy (non-hydrogen) atoms. The van der Waals surface area contributed by atoms with Crippen LogP contribution in [-0.4, -0.2) is 13.0 Å². The van der Waals surface area contributed by atoms with E-state index in [1.54, 1.807) is 24.3 Å². The number of rotatable bonds is 4. The second-order valence-electron chi connectivity index (χ2n) is 6.95. The fraction of sp³-hybridized carbons (Fsp3) is 0.286. The van der Waals surface area contributed by atoms with Gasteiger partial charge >= 0.3 is 0 Å². The van der Waals surface area contributed by atoms with Crippen molar-refractivity contribution in [2.45, 2.75) is 43.0 Å². The number of nitrogens with zero attached hydrogens (tertiary/aromatic N) is 2. The molecule has 4 nitrogen and oxygen atoms in total. The van der Waals surface area contributed by atoms with E-state index in [1.807, 2.05) is 23.6 Å². The quantitative estimate of drug-likeness (QED) is 0.479. The molecule has 1 aromatic heterocycles. The molecule has 4 rings (SSSR count). The Morgan fingerprint density at radius 3 is 2.32 bits per heavy atom. The molecule has 1 aliphatic carbocycles. The minimum Gasteiger partial charge on any atom is -0.313 e. The highest BCUT2D eigenvalue weighted by Crippen LogP contribution is 2.32. The highest BCUT2D eigenvalue weighted by Gasteiger charge is 2.22. The molecule has 0 unspecified atom stereocenters. The SMILES string of the molecule is O=S(=O)(N=c1scc(-c2ccccc2)n1C1CCCCC1)c1ccc(Br)cc1. The van der Waals surface area contributed by atoms with Crippen molar-refractivity contribution in [3.8, 4) is 11.3 Å². The molecule has 0 amide bonds. The van der Waals surface area contributed by atoms with Crippen LogP contribution in [0.5, 0.6) is 0 Å². The first kappa shape index (κ1) is 19.6. The summed E-state index contributed by atoms with van der Waals surface area (Å²) in [6, 6.07) is 17.0. The van der Waals surface area contributed by atoms with Crippen molar-refractivity contribution in [1.29, 1.82) is 0 Å². The number of hydrogen-bond acceptors (Lipinski definition) is 3. The molecular weight excluding hydrogens is 456 g/mol. The molecule has 0 N–H and O–H groups in total. The zero-order valence-electron chi connectivity index (χ0n) is 15.3. The van der Waals surface area contributed by atoms with Gasteiger partial charge < -0.3 is 4.57 Å². The van der Waals surface area contributed by atoms with Crippen LogP contribution in [0.3, 0.4) is 0 Å². The second kappa shape index (κ2) is 8.35. The monoisotopic (exact) mass is 476 g/mol. The van der Waals surface area contributed by atoms with Gasteiger partial charge in [0.25, 0.3) is 10.0 Å². The van der Waals surface area contributed by atoms with E-state index in [0.717, 1.165) is 28.6 Å². The fourth-order valence-corrected chi connectivity index (χ4v) is 6.10. The van der Waals surface area contributed by atoms with E-state index in [2.05, 4.69) is 37.0 Å². The third-order valence-electron chi connectivity index (χ3n) is 5.06. The van der Waals surface area contributed by atoms with Crippen molar-refractivity contribution in [3.05, 3.63) is 69.3 Å². The van der Waals surface area contributed by atoms with E-state index in [-0.39, 0.29) is 10.9 Å². The zero-order valence-corrected chi connectivity index (χ0v) is 18.5. The van der Waals surface area contributed by atoms with Crippen molar-refractivity contribution in [2.24, 2.45) is 4.40 Å². The van der Waals surface area contributed by atoms with Crippen molar-refractivity contribution in [2.75, 3.05) is 0 Å². The van der Waals surface area contributed by atoms with E-state index >= 15 is 0 Å². The molecule has 2 aromatic carbocycles. The van der Waals surface area contributed by atoms with Gasteiger partial charge in [0.05, 0.1) is 10.6 Å². The van der Waals surface area contributed by atoms with Crippen molar-refractivity contribution >= 4 is 37.3 Å². The number of halogens is 1. The first-order valence-electron chi connectivity index (χ1n) is 9.37. The molecule has 0 radical (unpaired) electrons. The minimum atomic E-state index is -3.77. The zero-order chi connectivity index (χ0) is 19.6. The predicted molar refractivity (Wildman–Crippen MR) is 117 cm³/mol. The minimum absolute atomic E-state index is 0.209. The first-order chi connectivity index (χ1) is 13.5. The molecule has 0 aliphatic heterocycles. The number of benzene rings is 2. The van der Waals surface area contributed by atoms with Crippen LogP contribution < -0.4 is 4.80 Å². The van der Waals surface area contributed by atoms with Crippen molar-refractivity contribution in [1.82, 2.24) is 4.57 Å². The van der Waals surface area contributed by atoms with Crippen molar-refractivity contribution < 1.29 is 8.42 Å². The Kier molecular flexibility index (Phi) is 5.85. The summed E-state index contributed by atoms with van der Waals surface area (Å²) in [5.74, 6) is 0. The van der Waals surface area contributed by atoms with Gasteiger partial charge in [0.2, 0.25) is 4.80 Å². The Morgan fingerprint density at radius 1 is 0.964 bits per heavy atom. The first-order valence-corrected chi connectivity index (χ1v) is 12.5. The summed E-state index contributed by atoms with van der Waals surface area (Å²) in [6.45, 7) is 0. The standard InChI is InChI=1S/C21H21BrN2O2S2/c22-17-11-13-19(14-12-17)28(25,26)23-21-24(18-9-5-2-6-10-18)20(15-27-21)16-7-3-1-4-8-16/h1,3-4,7-8,11-15,18H,2,5-6,9-10H2. The Morgan fingerprint density at radius 2 is 1.64 bits per heavy atom. The third kappa shape index (κ3) is 4.16. The maximum absolute atomic E-state index is 12.9. The second-order valence-corrected chi connectivity index (χ2v) is 10.3. The van der Waals surface area contributed by atoms with Crippen LogP contribution in [0, 0.1) is 0 Å². The van der Waals surface area contributed by atoms with Gasteiger partial charge in [-0.2, -0.15) is 8.42 Å². The Hall–Kier alpha value is -1.70. The van der Waals surface area contributed by atoms with Crippen LogP contribution in [0.25, 0.3) is 11.3 Å². The highest BCUT2D eigenvalue weighted by atomic mass is 79.9. The number of sulfonamides is 1. The lowest BCUT2D eigenvalue weighted by molar-refractivity contribution is 0.351. The van der Waals surface area contributed by atoms with E-state index in [1.165, 1.54) is 30.6 Å². The molecule has 0 spiro atoms. The lowest BCUT2D eigenvalue weighted by atomic mass is 9.95. The van der Waals surface area contributed by atoms with Gasteiger partial charge in [-0.05, 0) is 42.7 Å². The summed E-state index contributed by atoms with van der Waals surface area (Å²) in [5, 5.41) is 2.03. The van der Waals surface area contributed by atoms with E-state index in [0.29, 0.717) is 4.80 Å². The van der Waals surface area contributed by atoms with Gasteiger partial charge in [-0.3, -0.25) is 0 Å². The molecule has 1 heterocycles. The predicted octanol–water partition coefficient (Wildman–Crippen LogP) is 5.77. The summed E-state index contributed by atoms with van der Waals surface area (Å²) >= 11 is 4.74. The van der Waals surface area contributed by atoms with Crippen LogP contribution >= 0.6 is 27.3 Å². The molecule has 1 saturated carbocycles. The Balaban J connectivity index is 1.85. The molecule has 0 saturated heterocycles. The number of thiazole rings is 1. The van der Waals surface area contributed by atoms with Crippen LogP contribution in [-0.2, 0) is 10.0 Å². The van der Waals surface area contributed by atoms with Gasteiger partial charge in [-0.15, -0.1) is 15.7 Å². The van der Waals surface area contributed by atoms with E-state index < -0.39 is 10.0 Å². The smallest absolute Gasteiger partial charge is 0.285 e. The maximum Gasteiger partial charge on any atom is 0.285 e. The molecule has 0 atom stereocenters. The van der Waals surface area contributed by atoms with Crippen LogP contribution in [0.4, 0.5) is 0 Å². The maximum atomic E-state index is 12.9. The summed E-state index contributed by atoms with van der Waals surface area (Å²) in [6.07, 6.45) is 5.69. The number of hydrogen-bond donors (Lipinski definition) is 0. The van der Waals surface area contributed by atoms with Gasteiger partial charge in [0, 0.05) is 15.9 Å². The lowest BCUT2D eigenvalue weighted by Gasteiger charge is -2.25. The topological polar surface area (TPSA) is 51.4 Å². The summed E-state index contributed by atoms with van der Waals surface area (Å²) < 4.78 is 33.0. The Bertz CT molecular complexity index is 1110. The summed E-state index contributed by atoms with van der Waals surface area (Å²) in [7, 11) is -3.77. The highest BCUT2D eigenvalue weighted by molar-refractivity contribution is 9.10. The lowest BCUT2D eigenvalue weighted by Crippen LogP contribution is -2.25. The van der Waals surface area contributed by atoms with Crippen LogP contribution in [0.15, 0.2) is 73.7 Å². The average Bonchev–Trinajstić information content (AvgIpc) is 3.12. The van der Waals surface area contributed by atoms with Gasteiger partial charge in [0.15, 0.2) is 0 Å². The van der Waals surface area contributed by atoms with E-state index in [9.17, 15) is 8.42 Å². The number of aromatic nitrogens is 1. The largest absolute Gasteiger partial charge is 0.313 e. The molecule has 3 aromatic rings. The van der Waals surface area contributed by atoms with E-state index in [4.69, 9.17) is 0 Å².